The molecule has 30 heavy (non-hydrogen) atoms. The molecule has 0 aliphatic carbocycles. The van der Waals surface area contributed by atoms with Crippen molar-refractivity contribution in [3.63, 3.8) is 0 Å². The van der Waals surface area contributed by atoms with Crippen LogP contribution in [-0.4, -0.2) is 48.2 Å². The number of hydrogen-bond donors (Lipinski definition) is 0. The summed E-state index contributed by atoms with van der Waals surface area (Å²) in [4.78, 5) is 24.5. The monoisotopic (exact) mass is 422 g/mol. The van der Waals surface area contributed by atoms with Crippen LogP contribution in [-0.2, 0) is 0 Å². The van der Waals surface area contributed by atoms with E-state index < -0.39 is 0 Å². The number of aromatic nitrogens is 5. The van der Waals surface area contributed by atoms with E-state index in [-0.39, 0.29) is 17.5 Å². The van der Waals surface area contributed by atoms with Gasteiger partial charge < -0.3 is 9.47 Å². The third-order valence-corrected chi connectivity index (χ3v) is 6.18. The Morgan fingerprint density at radius 3 is 2.60 bits per heavy atom. The van der Waals surface area contributed by atoms with Gasteiger partial charge in [-0.1, -0.05) is 6.07 Å². The van der Waals surface area contributed by atoms with Gasteiger partial charge in [-0.3, -0.25) is 4.79 Å². The minimum atomic E-state index is -0.325. The van der Waals surface area contributed by atoms with E-state index >= 15 is 0 Å². The highest BCUT2D eigenvalue weighted by Gasteiger charge is 2.28. The number of nitrogens with zero attached hydrogens (tertiary/aromatic N) is 6. The smallest absolute Gasteiger partial charge is 0.293 e. The van der Waals surface area contributed by atoms with E-state index in [1.54, 1.807) is 27.9 Å². The van der Waals surface area contributed by atoms with Crippen LogP contribution in [0.2, 0.25) is 0 Å². The molecule has 5 rings (SSSR count). The summed E-state index contributed by atoms with van der Waals surface area (Å²) in [6.07, 6.45) is 7.27. The van der Waals surface area contributed by atoms with Gasteiger partial charge in [0.25, 0.3) is 5.91 Å². The van der Waals surface area contributed by atoms with Gasteiger partial charge in [0.1, 0.15) is 5.82 Å². The Balaban J connectivity index is 1.41. The molecule has 152 valence electrons. The zero-order chi connectivity index (χ0) is 20.5. The zero-order valence-electron chi connectivity index (χ0n) is 16.1. The van der Waals surface area contributed by atoms with Crippen LogP contribution in [0.15, 0.2) is 60.5 Å². The molecule has 1 amide bonds. The van der Waals surface area contributed by atoms with Crippen molar-refractivity contribution < 1.29 is 9.18 Å². The molecule has 1 aliphatic heterocycles. The maximum atomic E-state index is 13.4. The molecule has 0 unspecified atom stereocenters. The summed E-state index contributed by atoms with van der Waals surface area (Å²) < 4.78 is 17.1. The number of carbonyl (C=O) groups excluding carboxylic acids is 1. The molecule has 0 radical (unpaired) electrons. The van der Waals surface area contributed by atoms with Crippen molar-refractivity contribution in [2.45, 2.75) is 18.9 Å². The fraction of sp³-hybridized carbons (Fsp3) is 0.238. The Labute approximate surface area is 176 Å². The van der Waals surface area contributed by atoms with Crippen LogP contribution in [0.4, 0.5) is 4.39 Å². The maximum absolute atomic E-state index is 13.4. The first-order valence-corrected chi connectivity index (χ1v) is 10.6. The van der Waals surface area contributed by atoms with E-state index in [0.717, 1.165) is 17.7 Å². The van der Waals surface area contributed by atoms with Crippen molar-refractivity contribution in [1.82, 2.24) is 29.2 Å². The number of hydrogen-bond acceptors (Lipinski definition) is 5. The molecule has 3 aromatic heterocycles. The Bertz CT molecular complexity index is 1130. The van der Waals surface area contributed by atoms with E-state index in [9.17, 15) is 9.18 Å². The molecule has 0 spiro atoms. The van der Waals surface area contributed by atoms with Gasteiger partial charge >= 0.3 is 0 Å². The SMILES string of the molecule is O=C(c1nc(-c2cccs2)n(-c2ccc(F)cc2)n1)N1CCC(n2ccnc2)CC1. The van der Waals surface area contributed by atoms with Crippen molar-refractivity contribution in [2.75, 3.05) is 13.1 Å². The largest absolute Gasteiger partial charge is 0.336 e. The number of rotatable bonds is 4. The van der Waals surface area contributed by atoms with Crippen LogP contribution in [0.3, 0.4) is 0 Å². The van der Waals surface area contributed by atoms with Gasteiger partial charge in [0.15, 0.2) is 5.82 Å². The predicted molar refractivity (Wildman–Crippen MR) is 111 cm³/mol. The summed E-state index contributed by atoms with van der Waals surface area (Å²) >= 11 is 1.52. The second-order valence-electron chi connectivity index (χ2n) is 7.16. The highest BCUT2D eigenvalue weighted by atomic mass is 32.1. The molecule has 1 aliphatic rings. The van der Waals surface area contributed by atoms with E-state index in [1.165, 1.54) is 23.5 Å². The van der Waals surface area contributed by atoms with Gasteiger partial charge in [-0.15, -0.1) is 16.4 Å². The van der Waals surface area contributed by atoms with Gasteiger partial charge in [-0.05, 0) is 48.6 Å². The molecule has 7 nitrogen and oxygen atoms in total. The molecule has 1 fully saturated rings. The van der Waals surface area contributed by atoms with Crippen LogP contribution in [0.1, 0.15) is 29.5 Å². The van der Waals surface area contributed by atoms with E-state index in [2.05, 4.69) is 19.6 Å². The number of halogens is 1. The van der Waals surface area contributed by atoms with Crippen LogP contribution in [0.5, 0.6) is 0 Å². The Morgan fingerprint density at radius 1 is 1.13 bits per heavy atom. The third-order valence-electron chi connectivity index (χ3n) is 5.31. The molecule has 9 heteroatoms. The fourth-order valence-electron chi connectivity index (χ4n) is 3.72. The van der Waals surface area contributed by atoms with Crippen LogP contribution in [0.25, 0.3) is 16.4 Å². The van der Waals surface area contributed by atoms with Crippen LogP contribution >= 0.6 is 11.3 Å². The second-order valence-corrected chi connectivity index (χ2v) is 8.11. The van der Waals surface area contributed by atoms with Crippen molar-refractivity contribution in [1.29, 1.82) is 0 Å². The lowest BCUT2D eigenvalue weighted by atomic mass is 10.0. The highest BCUT2D eigenvalue weighted by Crippen LogP contribution is 2.27. The minimum absolute atomic E-state index is 0.156. The first kappa shape index (κ1) is 18.7. The summed E-state index contributed by atoms with van der Waals surface area (Å²) in [6, 6.07) is 10.2. The van der Waals surface area contributed by atoms with Gasteiger partial charge in [0, 0.05) is 31.5 Å². The molecule has 0 bridgehead atoms. The molecule has 0 N–H and O–H groups in total. The average molecular weight is 422 g/mol. The van der Waals surface area contributed by atoms with Crippen molar-refractivity contribution in [2.24, 2.45) is 0 Å². The van der Waals surface area contributed by atoms with Crippen molar-refractivity contribution in [3.8, 4) is 16.4 Å². The molecule has 1 aromatic carbocycles. The summed E-state index contributed by atoms with van der Waals surface area (Å²) in [5, 5.41) is 6.44. The molecular weight excluding hydrogens is 403 g/mol. The number of thiophene rings is 1. The number of benzene rings is 1. The number of carbonyl (C=O) groups is 1. The summed E-state index contributed by atoms with van der Waals surface area (Å²) in [6.45, 7) is 1.28. The number of likely N-dealkylation sites (tertiary alicyclic amines) is 1. The molecule has 4 aromatic rings. The summed E-state index contributed by atoms with van der Waals surface area (Å²) in [5.41, 5.74) is 0.658. The Morgan fingerprint density at radius 2 is 1.93 bits per heavy atom. The van der Waals surface area contributed by atoms with Gasteiger partial charge in [0.2, 0.25) is 5.82 Å². The second kappa shape index (κ2) is 7.83. The number of piperidine rings is 1. The van der Waals surface area contributed by atoms with Crippen molar-refractivity contribution in [3.05, 3.63) is 72.1 Å². The lowest BCUT2D eigenvalue weighted by Crippen LogP contribution is -2.39. The maximum Gasteiger partial charge on any atom is 0.293 e. The summed E-state index contributed by atoms with van der Waals surface area (Å²) in [7, 11) is 0. The van der Waals surface area contributed by atoms with Gasteiger partial charge in [-0.2, -0.15) is 0 Å². The topological polar surface area (TPSA) is 68.8 Å². The van der Waals surface area contributed by atoms with E-state index in [0.29, 0.717) is 30.6 Å². The predicted octanol–water partition coefficient (Wildman–Crippen LogP) is 3.81. The number of imidazole rings is 1. The number of amides is 1. The zero-order valence-corrected chi connectivity index (χ0v) is 16.9. The third kappa shape index (κ3) is 3.52. The first-order chi connectivity index (χ1) is 14.7. The molecular formula is C21H19FN6OS. The quantitative estimate of drug-likeness (QED) is 0.502. The van der Waals surface area contributed by atoms with Crippen LogP contribution in [0, 0.1) is 5.82 Å². The Hall–Kier alpha value is -3.33. The summed E-state index contributed by atoms with van der Waals surface area (Å²) in [5.74, 6) is 0.225. The van der Waals surface area contributed by atoms with Gasteiger partial charge in [0.05, 0.1) is 16.9 Å². The normalized spacial score (nSPS) is 14.9. The molecule has 1 saturated heterocycles. The Kier molecular flexibility index (Phi) is 4.88. The fourth-order valence-corrected chi connectivity index (χ4v) is 4.42. The molecule has 0 atom stereocenters. The highest BCUT2D eigenvalue weighted by molar-refractivity contribution is 7.13. The van der Waals surface area contributed by atoms with Gasteiger partial charge in [-0.25, -0.2) is 19.0 Å². The standard InChI is InChI=1S/C21H19FN6OS/c22-15-3-5-17(6-4-15)28-20(18-2-1-13-30-18)24-19(25-28)21(29)26-10-7-16(8-11-26)27-12-9-23-14-27/h1-6,9,12-14,16H,7-8,10-11H2. The first-order valence-electron chi connectivity index (χ1n) is 9.72. The van der Waals surface area contributed by atoms with E-state index in [4.69, 9.17) is 0 Å². The lowest BCUT2D eigenvalue weighted by Gasteiger charge is -2.31. The van der Waals surface area contributed by atoms with Crippen LogP contribution < -0.4 is 0 Å². The molecule has 4 heterocycles. The average Bonchev–Trinajstić information content (AvgIpc) is 3.55. The molecule has 0 saturated carbocycles. The van der Waals surface area contributed by atoms with Crippen molar-refractivity contribution >= 4 is 17.2 Å². The van der Waals surface area contributed by atoms with E-state index in [1.807, 2.05) is 30.0 Å². The minimum Gasteiger partial charge on any atom is -0.336 e. The lowest BCUT2D eigenvalue weighted by molar-refractivity contribution is 0.0682.